The van der Waals surface area contributed by atoms with E-state index in [0.717, 1.165) is 10.1 Å². The molecule has 33 heavy (non-hydrogen) atoms. The number of benzene rings is 2. The summed E-state index contributed by atoms with van der Waals surface area (Å²) >= 11 is 6.00. The molecule has 0 saturated heterocycles. The van der Waals surface area contributed by atoms with Gasteiger partial charge in [0.05, 0.1) is 23.9 Å². The number of H-pyrrole nitrogens is 1. The monoisotopic (exact) mass is 463 g/mol. The molecule has 4 N–H and O–H groups in total. The average molecular weight is 464 g/mol. The first-order chi connectivity index (χ1) is 15.9. The highest BCUT2D eigenvalue weighted by atomic mass is 35.5. The molecular formula is C23H18ClN5O4. The maximum Gasteiger partial charge on any atom is 0.329 e. The number of nitrogens with zero attached hydrogens (tertiary/aromatic N) is 3. The highest BCUT2D eigenvalue weighted by molar-refractivity contribution is 6.31. The van der Waals surface area contributed by atoms with Gasteiger partial charge in [-0.05, 0) is 35.9 Å². The summed E-state index contributed by atoms with van der Waals surface area (Å²) in [5.41, 5.74) is 2.22. The molecule has 1 aliphatic heterocycles. The maximum atomic E-state index is 12.9. The first kappa shape index (κ1) is 22.1. The molecule has 0 bridgehead atoms. The summed E-state index contributed by atoms with van der Waals surface area (Å²) in [4.78, 5) is 32.6. The highest BCUT2D eigenvalue weighted by Gasteiger charge is 2.28. The van der Waals surface area contributed by atoms with Crippen LogP contribution in [0, 0.1) is 11.3 Å². The van der Waals surface area contributed by atoms with Gasteiger partial charge in [-0.3, -0.25) is 9.79 Å². The zero-order valence-corrected chi connectivity index (χ0v) is 17.9. The van der Waals surface area contributed by atoms with E-state index in [9.17, 15) is 14.7 Å². The van der Waals surface area contributed by atoms with E-state index < -0.39 is 23.5 Å². The Kier molecular flexibility index (Phi) is 6.13. The third kappa shape index (κ3) is 4.30. The molecule has 1 aliphatic rings. The fourth-order valence-corrected chi connectivity index (χ4v) is 3.73. The van der Waals surface area contributed by atoms with Crippen LogP contribution in [0.3, 0.4) is 0 Å². The van der Waals surface area contributed by atoms with E-state index in [1.165, 1.54) is 24.3 Å². The van der Waals surface area contributed by atoms with E-state index in [0.29, 0.717) is 27.4 Å². The lowest BCUT2D eigenvalue weighted by Gasteiger charge is -2.18. The second-order valence-corrected chi connectivity index (χ2v) is 7.64. The average Bonchev–Trinajstić information content (AvgIpc) is 3.33. The van der Waals surface area contributed by atoms with Gasteiger partial charge in [0, 0.05) is 28.9 Å². The van der Waals surface area contributed by atoms with Crippen LogP contribution in [0.25, 0.3) is 11.6 Å². The van der Waals surface area contributed by atoms with Crippen molar-refractivity contribution in [3.05, 3.63) is 80.4 Å². The normalized spacial score (nSPS) is 14.2. The molecule has 1 amide bonds. The molecule has 2 aromatic carbocycles. The van der Waals surface area contributed by atoms with Crippen LogP contribution in [0.5, 0.6) is 5.88 Å². The second-order valence-electron chi connectivity index (χ2n) is 7.21. The molecule has 3 aromatic rings. The van der Waals surface area contributed by atoms with Gasteiger partial charge in [0.1, 0.15) is 11.7 Å². The van der Waals surface area contributed by atoms with Crippen molar-refractivity contribution in [3.63, 3.8) is 0 Å². The van der Waals surface area contributed by atoms with E-state index in [1.807, 2.05) is 6.07 Å². The van der Waals surface area contributed by atoms with Crippen molar-refractivity contribution in [1.29, 1.82) is 5.26 Å². The summed E-state index contributed by atoms with van der Waals surface area (Å²) in [5.74, 6) is -1.05. The van der Waals surface area contributed by atoms with Gasteiger partial charge in [0.2, 0.25) is 11.8 Å². The van der Waals surface area contributed by atoms with Crippen LogP contribution in [0.4, 0.5) is 5.69 Å². The van der Waals surface area contributed by atoms with Crippen molar-refractivity contribution in [1.82, 2.24) is 14.9 Å². The topological polar surface area (TPSA) is 144 Å². The molecule has 1 aromatic heterocycles. The maximum absolute atomic E-state index is 12.9. The molecule has 0 fully saturated rings. The molecule has 0 radical (unpaired) electrons. The lowest BCUT2D eigenvalue weighted by Crippen LogP contribution is -2.38. The van der Waals surface area contributed by atoms with Gasteiger partial charge in [-0.15, -0.1) is 0 Å². The summed E-state index contributed by atoms with van der Waals surface area (Å²) in [6.45, 7) is -0.321. The first-order valence-corrected chi connectivity index (χ1v) is 10.3. The third-order valence-corrected chi connectivity index (χ3v) is 5.35. The number of allylic oxidation sites excluding steroid dienone is 1. The molecule has 1 unspecified atom stereocenters. The van der Waals surface area contributed by atoms with Crippen LogP contribution >= 0.6 is 11.6 Å². The molecule has 2 heterocycles. The second kappa shape index (κ2) is 9.16. The van der Waals surface area contributed by atoms with Crippen molar-refractivity contribution < 1.29 is 15.0 Å². The highest BCUT2D eigenvalue weighted by Crippen LogP contribution is 2.35. The minimum Gasteiger partial charge on any atom is -0.493 e. The Morgan fingerprint density at radius 3 is 2.76 bits per heavy atom. The standard InChI is InChI=1S/C23H18ClN5O4/c24-16-5-6-17-15(12-27-18(17)10-16)9-19-22(32)29(23(33)28-19)20(21(31)26-7-8-30)14-3-1-13(11-25)2-4-14/h1-6,9-10,12,20,30,32H,7-8H2,(H,26,31)(H,28,33)/b15-9+. The smallest absolute Gasteiger partial charge is 0.329 e. The Labute approximate surface area is 192 Å². The summed E-state index contributed by atoms with van der Waals surface area (Å²) in [6, 6.07) is 12.0. The number of carbonyl (C=O) groups is 1. The number of aromatic nitrogens is 2. The Morgan fingerprint density at radius 2 is 2.06 bits per heavy atom. The van der Waals surface area contributed by atoms with E-state index in [-0.39, 0.29) is 18.8 Å². The number of aliphatic hydroxyl groups excluding tert-OH is 1. The van der Waals surface area contributed by atoms with Crippen LogP contribution in [0.15, 0.2) is 52.3 Å². The Bertz CT molecular complexity index is 1380. The van der Waals surface area contributed by atoms with Gasteiger partial charge in [-0.25, -0.2) is 9.36 Å². The fourth-order valence-electron chi connectivity index (χ4n) is 3.57. The fraction of sp³-hybridized carbons (Fsp3) is 0.130. The Hall–Kier alpha value is -4.13. The van der Waals surface area contributed by atoms with Gasteiger partial charge >= 0.3 is 5.69 Å². The number of aromatic hydroxyl groups is 1. The minimum absolute atomic E-state index is 0.0295. The number of aliphatic hydroxyl groups is 1. The lowest BCUT2D eigenvalue weighted by molar-refractivity contribution is -0.123. The number of nitriles is 1. The van der Waals surface area contributed by atoms with Crippen molar-refractivity contribution in [2.75, 3.05) is 13.2 Å². The Morgan fingerprint density at radius 1 is 1.30 bits per heavy atom. The predicted molar refractivity (Wildman–Crippen MR) is 124 cm³/mol. The summed E-state index contributed by atoms with van der Waals surface area (Å²) < 4.78 is 0.926. The van der Waals surface area contributed by atoms with Gasteiger partial charge in [0.25, 0.3) is 0 Å². The Balaban J connectivity index is 1.78. The summed E-state index contributed by atoms with van der Waals surface area (Å²) in [6.07, 6.45) is 3.14. The number of halogens is 1. The molecule has 9 nitrogen and oxygen atoms in total. The number of carbonyl (C=O) groups excluding carboxylic acids is 1. The molecule has 166 valence electrons. The van der Waals surface area contributed by atoms with Crippen LogP contribution in [0.2, 0.25) is 5.02 Å². The van der Waals surface area contributed by atoms with Crippen LogP contribution in [0.1, 0.15) is 28.4 Å². The van der Waals surface area contributed by atoms with Crippen LogP contribution in [-0.4, -0.2) is 45.0 Å². The molecule has 0 aliphatic carbocycles. The molecule has 10 heteroatoms. The first-order valence-electron chi connectivity index (χ1n) is 9.90. The van der Waals surface area contributed by atoms with Gasteiger partial charge < -0.3 is 20.5 Å². The van der Waals surface area contributed by atoms with E-state index in [1.54, 1.807) is 30.5 Å². The molecule has 0 saturated carbocycles. The minimum atomic E-state index is -1.23. The summed E-state index contributed by atoms with van der Waals surface area (Å²) in [5, 5.41) is 32.1. The zero-order valence-electron chi connectivity index (χ0n) is 17.1. The number of imidazole rings is 1. The number of amides is 1. The molecule has 4 rings (SSSR count). The van der Waals surface area contributed by atoms with E-state index >= 15 is 0 Å². The van der Waals surface area contributed by atoms with Gasteiger partial charge in [-0.1, -0.05) is 29.8 Å². The van der Waals surface area contributed by atoms with Crippen molar-refractivity contribution in [2.45, 2.75) is 6.04 Å². The van der Waals surface area contributed by atoms with Gasteiger partial charge in [-0.2, -0.15) is 5.26 Å². The molecule has 0 spiro atoms. The van der Waals surface area contributed by atoms with Crippen LogP contribution < -0.4 is 11.0 Å². The van der Waals surface area contributed by atoms with Crippen molar-refractivity contribution >= 4 is 41.1 Å². The van der Waals surface area contributed by atoms with E-state index in [2.05, 4.69) is 15.3 Å². The number of hydrogen-bond acceptors (Lipinski definition) is 6. The van der Waals surface area contributed by atoms with Gasteiger partial charge in [0.15, 0.2) is 0 Å². The number of nitrogens with one attached hydrogen (secondary N) is 2. The molecule has 1 atom stereocenters. The van der Waals surface area contributed by atoms with E-state index in [4.69, 9.17) is 22.0 Å². The number of hydrogen-bond donors (Lipinski definition) is 4. The largest absolute Gasteiger partial charge is 0.493 e. The quantitative estimate of drug-likeness (QED) is 0.443. The number of rotatable bonds is 6. The third-order valence-electron chi connectivity index (χ3n) is 5.12. The van der Waals surface area contributed by atoms with Crippen molar-refractivity contribution in [3.8, 4) is 11.9 Å². The van der Waals surface area contributed by atoms with Crippen molar-refractivity contribution in [2.24, 2.45) is 4.99 Å². The number of aromatic amines is 1. The van der Waals surface area contributed by atoms with Crippen LogP contribution in [-0.2, 0) is 4.79 Å². The zero-order chi connectivity index (χ0) is 23.5. The summed E-state index contributed by atoms with van der Waals surface area (Å²) in [7, 11) is 0. The molecular weight excluding hydrogens is 446 g/mol. The predicted octanol–water partition coefficient (Wildman–Crippen LogP) is 2.36. The lowest BCUT2D eigenvalue weighted by atomic mass is 10.0. The SMILES string of the molecule is N#Cc1ccc(C(C(=O)NCCO)n2c(O)c(/C=C3\C=Nc4cc(Cl)ccc43)[nH]c2=O)cc1. The number of fused-ring (bicyclic) bond motifs is 1. The number of aliphatic imine (C=N–C) groups is 1.